The molecule has 1 heterocycles. The van der Waals surface area contributed by atoms with E-state index in [0.717, 1.165) is 28.0 Å². The van der Waals surface area contributed by atoms with Gasteiger partial charge in [0.05, 0.1) is 0 Å². The van der Waals surface area contributed by atoms with Crippen LogP contribution in [0.3, 0.4) is 0 Å². The quantitative estimate of drug-likeness (QED) is 0.523. The van der Waals surface area contributed by atoms with Crippen LogP contribution in [0, 0.1) is 5.21 Å². The molecule has 0 fully saturated rings. The first-order valence-electron chi connectivity index (χ1n) is 6.65. The average Bonchev–Trinajstić information content (AvgIpc) is 2.49. The summed E-state index contributed by atoms with van der Waals surface area (Å²) >= 11 is 0. The van der Waals surface area contributed by atoms with E-state index >= 15 is 0 Å². The first kappa shape index (κ1) is 12.4. The molecule has 0 atom stereocenters. The molecule has 98 valence electrons. The zero-order valence-electron chi connectivity index (χ0n) is 11.1. The standard InChI is InChI=1S/C18H15NO/c20-19-13-7-12-17(14-15-8-3-1-4-9-15)18(19)16-10-5-2-6-11-16/h1-13H,14H2. The molecule has 1 aromatic heterocycles. The van der Waals surface area contributed by atoms with Crippen LogP contribution in [0.1, 0.15) is 11.1 Å². The molecule has 0 aliphatic rings. The lowest BCUT2D eigenvalue weighted by molar-refractivity contribution is -0.594. The van der Waals surface area contributed by atoms with Crippen LogP contribution in [0.2, 0.25) is 0 Å². The predicted molar refractivity (Wildman–Crippen MR) is 80.1 cm³/mol. The van der Waals surface area contributed by atoms with Crippen molar-refractivity contribution in [2.75, 3.05) is 0 Å². The van der Waals surface area contributed by atoms with Crippen LogP contribution in [0.15, 0.2) is 79.0 Å². The molecule has 0 spiro atoms. The number of hydrogen-bond donors (Lipinski definition) is 0. The van der Waals surface area contributed by atoms with Crippen molar-refractivity contribution < 1.29 is 4.73 Å². The van der Waals surface area contributed by atoms with E-state index in [0.29, 0.717) is 0 Å². The van der Waals surface area contributed by atoms with E-state index < -0.39 is 0 Å². The second-order valence-corrected chi connectivity index (χ2v) is 4.74. The highest BCUT2D eigenvalue weighted by atomic mass is 16.5. The molecular formula is C18H15NO. The van der Waals surface area contributed by atoms with Crippen molar-refractivity contribution in [2.24, 2.45) is 0 Å². The number of nitrogens with zero attached hydrogens (tertiary/aromatic N) is 1. The summed E-state index contributed by atoms with van der Waals surface area (Å²) in [6.07, 6.45) is 2.31. The van der Waals surface area contributed by atoms with Gasteiger partial charge in [-0.15, -0.1) is 0 Å². The van der Waals surface area contributed by atoms with Gasteiger partial charge in [-0.3, -0.25) is 0 Å². The minimum Gasteiger partial charge on any atom is -0.618 e. The normalized spacial score (nSPS) is 10.4. The van der Waals surface area contributed by atoms with E-state index in [-0.39, 0.29) is 0 Å². The maximum absolute atomic E-state index is 12.1. The first-order chi connectivity index (χ1) is 9.84. The summed E-state index contributed by atoms with van der Waals surface area (Å²) in [5.74, 6) is 0. The minimum atomic E-state index is 0.733. The third-order valence-electron chi connectivity index (χ3n) is 3.33. The smallest absolute Gasteiger partial charge is 0.227 e. The van der Waals surface area contributed by atoms with Gasteiger partial charge in [-0.05, 0) is 23.8 Å². The van der Waals surface area contributed by atoms with Gasteiger partial charge in [0, 0.05) is 23.6 Å². The summed E-state index contributed by atoms with van der Waals surface area (Å²) in [5, 5.41) is 12.1. The Labute approximate surface area is 118 Å². The van der Waals surface area contributed by atoms with Gasteiger partial charge in [0.1, 0.15) is 0 Å². The largest absolute Gasteiger partial charge is 0.618 e. The zero-order valence-corrected chi connectivity index (χ0v) is 11.1. The summed E-state index contributed by atoms with van der Waals surface area (Å²) in [4.78, 5) is 0. The Morgan fingerprint density at radius 2 is 1.40 bits per heavy atom. The van der Waals surface area contributed by atoms with Gasteiger partial charge >= 0.3 is 0 Å². The molecule has 0 saturated carbocycles. The van der Waals surface area contributed by atoms with Crippen LogP contribution >= 0.6 is 0 Å². The first-order valence-corrected chi connectivity index (χ1v) is 6.65. The molecule has 2 aromatic carbocycles. The molecule has 0 saturated heterocycles. The lowest BCUT2D eigenvalue weighted by Gasteiger charge is -2.10. The number of pyridine rings is 1. The van der Waals surface area contributed by atoms with Crippen molar-refractivity contribution in [3.63, 3.8) is 0 Å². The molecule has 0 bridgehead atoms. The van der Waals surface area contributed by atoms with Crippen LogP contribution in [0.5, 0.6) is 0 Å². The van der Waals surface area contributed by atoms with Crippen LogP contribution in [0.25, 0.3) is 11.3 Å². The SMILES string of the molecule is [O-][n+]1cccc(Cc2ccccc2)c1-c1ccccc1. The number of rotatable bonds is 3. The summed E-state index contributed by atoms with van der Waals surface area (Å²) in [6, 6.07) is 23.8. The molecule has 20 heavy (non-hydrogen) atoms. The second-order valence-electron chi connectivity index (χ2n) is 4.74. The van der Waals surface area contributed by atoms with E-state index in [1.54, 1.807) is 12.3 Å². The zero-order chi connectivity index (χ0) is 13.8. The van der Waals surface area contributed by atoms with Gasteiger partial charge < -0.3 is 5.21 Å². The van der Waals surface area contributed by atoms with E-state index in [4.69, 9.17) is 0 Å². The number of aromatic nitrogens is 1. The maximum atomic E-state index is 12.1. The topological polar surface area (TPSA) is 26.9 Å². The highest BCUT2D eigenvalue weighted by molar-refractivity contribution is 5.60. The average molecular weight is 261 g/mol. The maximum Gasteiger partial charge on any atom is 0.227 e. The van der Waals surface area contributed by atoms with Crippen molar-refractivity contribution in [3.05, 3.63) is 95.3 Å². The lowest BCUT2D eigenvalue weighted by atomic mass is 9.99. The molecule has 2 nitrogen and oxygen atoms in total. The van der Waals surface area contributed by atoms with Gasteiger partial charge in [-0.1, -0.05) is 48.5 Å². The monoisotopic (exact) mass is 261 g/mol. The fourth-order valence-electron chi connectivity index (χ4n) is 2.40. The third kappa shape index (κ3) is 2.54. The van der Waals surface area contributed by atoms with E-state index in [2.05, 4.69) is 12.1 Å². The Morgan fingerprint density at radius 1 is 0.750 bits per heavy atom. The van der Waals surface area contributed by atoms with Crippen molar-refractivity contribution in [2.45, 2.75) is 6.42 Å². The van der Waals surface area contributed by atoms with Crippen LogP contribution < -0.4 is 4.73 Å². The van der Waals surface area contributed by atoms with E-state index in [1.165, 1.54) is 5.56 Å². The lowest BCUT2D eigenvalue weighted by Crippen LogP contribution is -2.29. The number of benzene rings is 2. The predicted octanol–water partition coefficient (Wildman–Crippen LogP) is 3.58. The molecule has 0 aliphatic carbocycles. The fraction of sp³-hybridized carbons (Fsp3) is 0.0556. The van der Waals surface area contributed by atoms with E-state index in [9.17, 15) is 5.21 Å². The summed E-state index contributed by atoms with van der Waals surface area (Å²) in [6.45, 7) is 0. The van der Waals surface area contributed by atoms with Crippen molar-refractivity contribution in [1.29, 1.82) is 0 Å². The molecule has 0 unspecified atom stereocenters. The van der Waals surface area contributed by atoms with Crippen LogP contribution in [-0.4, -0.2) is 0 Å². The Bertz CT molecular complexity index is 693. The van der Waals surface area contributed by atoms with Crippen molar-refractivity contribution in [1.82, 2.24) is 0 Å². The van der Waals surface area contributed by atoms with Crippen molar-refractivity contribution >= 4 is 0 Å². The van der Waals surface area contributed by atoms with Gasteiger partial charge in [-0.2, -0.15) is 4.73 Å². The van der Waals surface area contributed by atoms with Gasteiger partial charge in [0.15, 0.2) is 6.20 Å². The van der Waals surface area contributed by atoms with E-state index in [1.807, 2.05) is 54.6 Å². The Hall–Kier alpha value is -2.61. The summed E-state index contributed by atoms with van der Waals surface area (Å²) < 4.78 is 0.952. The molecule has 2 heteroatoms. The molecule has 3 aromatic rings. The molecule has 0 aliphatic heterocycles. The summed E-state index contributed by atoms with van der Waals surface area (Å²) in [7, 11) is 0. The van der Waals surface area contributed by atoms with Gasteiger partial charge in [0.2, 0.25) is 5.69 Å². The Balaban J connectivity index is 2.06. The molecule has 0 radical (unpaired) electrons. The molecule has 0 amide bonds. The molecule has 3 rings (SSSR count). The minimum absolute atomic E-state index is 0.733. The fourth-order valence-corrected chi connectivity index (χ4v) is 2.40. The Morgan fingerprint density at radius 3 is 2.10 bits per heavy atom. The van der Waals surface area contributed by atoms with Crippen LogP contribution in [-0.2, 0) is 6.42 Å². The summed E-state index contributed by atoms with van der Waals surface area (Å²) in [5.41, 5.74) is 3.93. The highest BCUT2D eigenvalue weighted by Crippen LogP contribution is 2.21. The van der Waals surface area contributed by atoms with Gasteiger partial charge in [0.25, 0.3) is 0 Å². The molecular weight excluding hydrogens is 246 g/mol. The third-order valence-corrected chi connectivity index (χ3v) is 3.33. The molecule has 0 N–H and O–H groups in total. The van der Waals surface area contributed by atoms with Crippen molar-refractivity contribution in [3.8, 4) is 11.3 Å². The Kier molecular flexibility index (Phi) is 3.46. The highest BCUT2D eigenvalue weighted by Gasteiger charge is 2.14. The second kappa shape index (κ2) is 5.57. The number of hydrogen-bond acceptors (Lipinski definition) is 1. The van der Waals surface area contributed by atoms with Crippen LogP contribution in [0.4, 0.5) is 0 Å². The van der Waals surface area contributed by atoms with Gasteiger partial charge in [-0.25, -0.2) is 0 Å².